The van der Waals surface area contributed by atoms with E-state index >= 15 is 0 Å². The first-order chi connectivity index (χ1) is 20.0. The van der Waals surface area contributed by atoms with Crippen LogP contribution >= 0.6 is 0 Å². The number of carbonyl (C=O) groups is 2. The number of piperazine rings is 1. The van der Waals surface area contributed by atoms with Gasteiger partial charge in [0.1, 0.15) is 5.69 Å². The Labute approximate surface area is 238 Å². The van der Waals surface area contributed by atoms with Gasteiger partial charge in [0.05, 0.1) is 35.7 Å². The minimum absolute atomic E-state index is 0.00625. The van der Waals surface area contributed by atoms with Crippen molar-refractivity contribution in [2.24, 2.45) is 5.92 Å². The van der Waals surface area contributed by atoms with Crippen LogP contribution in [-0.4, -0.2) is 77.4 Å². The van der Waals surface area contributed by atoms with Crippen molar-refractivity contribution in [1.82, 2.24) is 19.7 Å². The van der Waals surface area contributed by atoms with Crippen LogP contribution in [0.25, 0.3) is 16.6 Å². The molecule has 2 aliphatic rings. The summed E-state index contributed by atoms with van der Waals surface area (Å²) in [5.74, 6) is -0.520. The maximum atomic E-state index is 14.0. The Morgan fingerprint density at radius 2 is 1.73 bits per heavy atom. The number of para-hydroxylation sites is 2. The molecule has 41 heavy (non-hydrogen) atoms. The summed E-state index contributed by atoms with van der Waals surface area (Å²) in [6.45, 7) is 5.38. The van der Waals surface area contributed by atoms with E-state index in [1.165, 1.54) is 4.68 Å². The Morgan fingerprint density at radius 1 is 0.976 bits per heavy atom. The number of ether oxygens (including phenoxy) is 1. The molecule has 10 nitrogen and oxygen atoms in total. The molecule has 0 saturated carbocycles. The molecule has 4 aromatic rings. The predicted molar refractivity (Wildman–Crippen MR) is 158 cm³/mol. The van der Waals surface area contributed by atoms with Gasteiger partial charge in [0.15, 0.2) is 0 Å². The Hall–Kier alpha value is -4.60. The molecule has 212 valence electrons. The highest BCUT2D eigenvalue weighted by Crippen LogP contribution is 2.31. The summed E-state index contributed by atoms with van der Waals surface area (Å²) in [6.07, 6.45) is 5.04. The Balaban J connectivity index is 1.28. The van der Waals surface area contributed by atoms with E-state index in [4.69, 9.17) is 4.74 Å². The number of hydrogen-bond acceptors (Lipinski definition) is 7. The van der Waals surface area contributed by atoms with Gasteiger partial charge >= 0.3 is 5.97 Å². The van der Waals surface area contributed by atoms with Crippen molar-refractivity contribution in [2.75, 3.05) is 55.7 Å². The van der Waals surface area contributed by atoms with Crippen molar-refractivity contribution in [3.05, 3.63) is 82.9 Å². The number of rotatable bonds is 6. The van der Waals surface area contributed by atoms with Crippen molar-refractivity contribution in [3.63, 3.8) is 0 Å². The maximum absolute atomic E-state index is 14.0. The van der Waals surface area contributed by atoms with Crippen molar-refractivity contribution < 1.29 is 14.3 Å². The molecule has 1 amide bonds. The van der Waals surface area contributed by atoms with E-state index in [1.54, 1.807) is 19.3 Å². The molecule has 4 heterocycles. The van der Waals surface area contributed by atoms with Crippen molar-refractivity contribution in [3.8, 4) is 5.69 Å². The Bertz CT molecular complexity index is 1610. The van der Waals surface area contributed by atoms with Crippen molar-refractivity contribution in [1.29, 1.82) is 0 Å². The fourth-order valence-electron chi connectivity index (χ4n) is 5.92. The van der Waals surface area contributed by atoms with Gasteiger partial charge in [-0.15, -0.1) is 0 Å². The first-order valence-electron chi connectivity index (χ1n) is 14.2. The number of piperidine rings is 1. The van der Waals surface area contributed by atoms with Gasteiger partial charge in [0.2, 0.25) is 0 Å². The first-order valence-corrected chi connectivity index (χ1v) is 14.2. The van der Waals surface area contributed by atoms with Crippen LogP contribution in [0.3, 0.4) is 0 Å². The van der Waals surface area contributed by atoms with Crippen LogP contribution in [0.15, 0.2) is 71.8 Å². The molecular formula is C31H34N6O4. The lowest BCUT2D eigenvalue weighted by atomic mass is 9.97. The zero-order chi connectivity index (χ0) is 28.3. The number of fused-ring (bicyclic) bond motifs is 1. The third-order valence-electron chi connectivity index (χ3n) is 8.02. The SMILES string of the molecule is CCOC(=O)C1CCCN(c2c(N3CCN(C(=O)c4c[nH]c5ccccc45)CC3)cnn(-c3ccccc3)c2=O)C1. The number of hydrogen-bond donors (Lipinski definition) is 1. The van der Waals surface area contributed by atoms with Gasteiger partial charge in [0.25, 0.3) is 11.5 Å². The van der Waals surface area contributed by atoms with E-state index in [-0.39, 0.29) is 23.4 Å². The molecule has 2 fully saturated rings. The molecule has 1 unspecified atom stereocenters. The minimum atomic E-state index is -0.292. The van der Waals surface area contributed by atoms with E-state index in [9.17, 15) is 14.4 Å². The van der Waals surface area contributed by atoms with Crippen molar-refractivity contribution in [2.45, 2.75) is 19.8 Å². The predicted octanol–water partition coefficient (Wildman–Crippen LogP) is 3.46. The Morgan fingerprint density at radius 3 is 2.51 bits per heavy atom. The van der Waals surface area contributed by atoms with Crippen LogP contribution in [0.1, 0.15) is 30.1 Å². The van der Waals surface area contributed by atoms with E-state index in [0.717, 1.165) is 29.4 Å². The normalized spacial score (nSPS) is 17.6. The molecule has 10 heteroatoms. The second kappa shape index (κ2) is 11.5. The first kappa shape index (κ1) is 26.6. The van der Waals surface area contributed by atoms with Crippen LogP contribution in [0.4, 0.5) is 11.4 Å². The zero-order valence-corrected chi connectivity index (χ0v) is 23.2. The van der Waals surface area contributed by atoms with Gasteiger partial charge in [0, 0.05) is 56.4 Å². The van der Waals surface area contributed by atoms with Crippen LogP contribution in [0.2, 0.25) is 0 Å². The number of aromatic amines is 1. The number of nitrogens with one attached hydrogen (secondary N) is 1. The topological polar surface area (TPSA) is 104 Å². The molecule has 2 saturated heterocycles. The number of benzene rings is 2. The van der Waals surface area contributed by atoms with E-state index in [1.807, 2.05) is 64.4 Å². The third kappa shape index (κ3) is 5.17. The summed E-state index contributed by atoms with van der Waals surface area (Å²) < 4.78 is 6.74. The molecule has 6 rings (SSSR count). The average Bonchev–Trinajstić information content (AvgIpc) is 3.45. The molecule has 0 radical (unpaired) electrons. The van der Waals surface area contributed by atoms with Crippen LogP contribution in [0.5, 0.6) is 0 Å². The molecule has 1 atom stereocenters. The fraction of sp³-hybridized carbons (Fsp3) is 0.355. The summed E-state index contributed by atoms with van der Waals surface area (Å²) >= 11 is 0. The number of carbonyl (C=O) groups excluding carboxylic acids is 2. The molecule has 2 aliphatic heterocycles. The number of amides is 1. The van der Waals surface area contributed by atoms with E-state index in [0.29, 0.717) is 62.8 Å². The highest BCUT2D eigenvalue weighted by molar-refractivity contribution is 6.06. The molecule has 2 aromatic carbocycles. The number of H-pyrrole nitrogens is 1. The number of esters is 1. The smallest absolute Gasteiger partial charge is 0.310 e. The molecule has 0 bridgehead atoms. The van der Waals surface area contributed by atoms with Gasteiger partial charge in [-0.25, -0.2) is 0 Å². The minimum Gasteiger partial charge on any atom is -0.466 e. The third-order valence-corrected chi connectivity index (χ3v) is 8.02. The quantitative estimate of drug-likeness (QED) is 0.364. The van der Waals surface area contributed by atoms with Crippen LogP contribution in [0, 0.1) is 5.92 Å². The van der Waals surface area contributed by atoms with Crippen LogP contribution < -0.4 is 15.4 Å². The number of nitrogens with zero attached hydrogens (tertiary/aromatic N) is 5. The van der Waals surface area contributed by atoms with Gasteiger partial charge < -0.3 is 24.4 Å². The lowest BCUT2D eigenvalue weighted by Gasteiger charge is -2.39. The largest absolute Gasteiger partial charge is 0.466 e. The molecular weight excluding hydrogens is 520 g/mol. The Kier molecular flexibility index (Phi) is 7.45. The summed E-state index contributed by atoms with van der Waals surface area (Å²) in [6, 6.07) is 17.1. The lowest BCUT2D eigenvalue weighted by molar-refractivity contribution is -0.148. The van der Waals surface area contributed by atoms with Gasteiger partial charge in [-0.3, -0.25) is 14.4 Å². The van der Waals surface area contributed by atoms with Crippen LogP contribution in [-0.2, 0) is 9.53 Å². The van der Waals surface area contributed by atoms with Crippen molar-refractivity contribution >= 4 is 34.2 Å². The fourth-order valence-corrected chi connectivity index (χ4v) is 5.92. The second-order valence-electron chi connectivity index (χ2n) is 10.5. The summed E-state index contributed by atoms with van der Waals surface area (Å²) in [5.41, 5.74) is 3.32. The molecule has 0 spiro atoms. The van der Waals surface area contributed by atoms with Gasteiger partial charge in [-0.1, -0.05) is 36.4 Å². The number of anilines is 2. The molecule has 2 aromatic heterocycles. The average molecular weight is 555 g/mol. The highest BCUT2D eigenvalue weighted by Gasteiger charge is 2.32. The second-order valence-corrected chi connectivity index (χ2v) is 10.5. The maximum Gasteiger partial charge on any atom is 0.310 e. The monoisotopic (exact) mass is 554 g/mol. The van der Waals surface area contributed by atoms with Gasteiger partial charge in [-0.05, 0) is 38.0 Å². The van der Waals surface area contributed by atoms with E-state index in [2.05, 4.69) is 15.0 Å². The molecule has 1 N–H and O–H groups in total. The summed E-state index contributed by atoms with van der Waals surface area (Å²) in [4.78, 5) is 49.3. The highest BCUT2D eigenvalue weighted by atomic mass is 16.5. The van der Waals surface area contributed by atoms with E-state index < -0.39 is 0 Å². The zero-order valence-electron chi connectivity index (χ0n) is 23.2. The number of aromatic nitrogens is 3. The van der Waals surface area contributed by atoms with Gasteiger partial charge in [-0.2, -0.15) is 9.78 Å². The summed E-state index contributed by atoms with van der Waals surface area (Å²) in [7, 11) is 0. The standard InChI is InChI=1S/C31H34N6O4/c1-2-41-31(40)22-9-8-14-36(21-22)28-27(20-33-37(30(28)39)23-10-4-3-5-11-23)34-15-17-35(18-16-34)29(38)25-19-32-26-13-7-6-12-24(25)26/h3-7,10-13,19-20,22,32H,2,8-9,14-18,21H2,1H3. The molecule has 0 aliphatic carbocycles. The lowest BCUT2D eigenvalue weighted by Crippen LogP contribution is -2.50. The summed E-state index contributed by atoms with van der Waals surface area (Å²) in [5, 5.41) is 5.47.